The minimum absolute atomic E-state index is 0.0318. The van der Waals surface area contributed by atoms with Gasteiger partial charge in [-0.25, -0.2) is 4.98 Å². The zero-order chi connectivity index (χ0) is 10.9. The zero-order valence-electron chi connectivity index (χ0n) is 7.51. The molecule has 0 fully saturated rings. The summed E-state index contributed by atoms with van der Waals surface area (Å²) in [7, 11) is 3.22. The van der Waals surface area contributed by atoms with E-state index in [1.54, 1.807) is 14.1 Å². The van der Waals surface area contributed by atoms with E-state index in [0.717, 1.165) is 0 Å². The second-order valence-corrected chi connectivity index (χ2v) is 3.94. The van der Waals surface area contributed by atoms with Crippen LogP contribution in [0.1, 0.15) is 10.5 Å². The normalized spacial score (nSPS) is 10.1. The molecule has 0 atom stereocenters. The van der Waals surface area contributed by atoms with Crippen molar-refractivity contribution in [2.24, 2.45) is 0 Å². The Morgan fingerprint density at radius 2 is 1.93 bits per heavy atom. The Labute approximate surface area is 96.6 Å². The number of rotatable bonds is 1. The van der Waals surface area contributed by atoms with Gasteiger partial charge in [0, 0.05) is 14.1 Å². The van der Waals surface area contributed by atoms with Crippen molar-refractivity contribution in [2.75, 3.05) is 14.1 Å². The number of hydrogen-bond acceptors (Lipinski definition) is 2. The quantitative estimate of drug-likeness (QED) is 0.721. The van der Waals surface area contributed by atoms with E-state index in [2.05, 4.69) is 4.98 Å². The number of nitrogens with zero attached hydrogens (tertiary/aromatic N) is 2. The molecule has 0 N–H and O–H groups in total. The number of halogens is 3. The predicted octanol–water partition coefficient (Wildman–Crippen LogP) is 2.74. The van der Waals surface area contributed by atoms with Crippen LogP contribution in [0.25, 0.3) is 0 Å². The van der Waals surface area contributed by atoms with Gasteiger partial charge in [0.25, 0.3) is 5.91 Å². The number of carbonyl (C=O) groups excluding carboxylic acids is 1. The minimum atomic E-state index is -0.273. The van der Waals surface area contributed by atoms with Crippen LogP contribution in [0.15, 0.2) is 6.07 Å². The van der Waals surface area contributed by atoms with E-state index in [0.29, 0.717) is 0 Å². The Kier molecular flexibility index (Phi) is 3.59. The number of aromatic nitrogens is 1. The molecule has 76 valence electrons. The SMILES string of the molecule is CN(C)C(=O)c1cc(Cl)c(Cl)c(Cl)n1. The van der Waals surface area contributed by atoms with E-state index in [1.807, 2.05) is 0 Å². The third-order valence-electron chi connectivity index (χ3n) is 1.50. The van der Waals surface area contributed by atoms with Crippen molar-refractivity contribution in [1.82, 2.24) is 9.88 Å². The number of carbonyl (C=O) groups is 1. The molecule has 0 aliphatic heterocycles. The van der Waals surface area contributed by atoms with Crippen LogP contribution in [0.4, 0.5) is 0 Å². The molecule has 0 spiro atoms. The first kappa shape index (κ1) is 11.6. The van der Waals surface area contributed by atoms with Crippen LogP contribution in [0.3, 0.4) is 0 Å². The summed E-state index contributed by atoms with van der Waals surface area (Å²) in [6.45, 7) is 0. The Hall–Kier alpha value is -0.510. The molecule has 1 rings (SSSR count). The van der Waals surface area contributed by atoms with E-state index >= 15 is 0 Å². The molecule has 0 aliphatic carbocycles. The van der Waals surface area contributed by atoms with Crippen LogP contribution in [-0.4, -0.2) is 29.9 Å². The van der Waals surface area contributed by atoms with Gasteiger partial charge in [0.2, 0.25) is 0 Å². The lowest BCUT2D eigenvalue weighted by atomic mass is 10.3. The summed E-state index contributed by atoms with van der Waals surface area (Å²) in [5.74, 6) is -0.273. The molecule has 0 aliphatic rings. The fraction of sp³-hybridized carbons (Fsp3) is 0.250. The fourth-order valence-electron chi connectivity index (χ4n) is 0.808. The van der Waals surface area contributed by atoms with Crippen molar-refractivity contribution in [2.45, 2.75) is 0 Å². The minimum Gasteiger partial charge on any atom is -0.343 e. The van der Waals surface area contributed by atoms with Crippen LogP contribution in [0.5, 0.6) is 0 Å². The van der Waals surface area contributed by atoms with E-state index < -0.39 is 0 Å². The van der Waals surface area contributed by atoms with Crippen molar-refractivity contribution in [3.05, 3.63) is 27.0 Å². The fourth-order valence-corrected chi connectivity index (χ4v) is 1.34. The summed E-state index contributed by atoms with van der Waals surface area (Å²) in [4.78, 5) is 16.7. The molecule has 1 aromatic heterocycles. The van der Waals surface area contributed by atoms with E-state index in [9.17, 15) is 4.79 Å². The van der Waals surface area contributed by atoms with Gasteiger partial charge >= 0.3 is 0 Å². The van der Waals surface area contributed by atoms with Gasteiger partial charge in [0.05, 0.1) is 10.0 Å². The van der Waals surface area contributed by atoms with Gasteiger partial charge in [-0.1, -0.05) is 34.8 Å². The highest BCUT2D eigenvalue weighted by Crippen LogP contribution is 2.28. The lowest BCUT2D eigenvalue weighted by Gasteiger charge is -2.10. The third-order valence-corrected chi connectivity index (χ3v) is 2.65. The van der Waals surface area contributed by atoms with Crippen LogP contribution in [0.2, 0.25) is 15.2 Å². The van der Waals surface area contributed by atoms with Gasteiger partial charge < -0.3 is 4.90 Å². The first-order valence-electron chi connectivity index (χ1n) is 3.66. The highest BCUT2D eigenvalue weighted by molar-refractivity contribution is 6.47. The number of hydrogen-bond donors (Lipinski definition) is 0. The highest BCUT2D eigenvalue weighted by Gasteiger charge is 2.14. The molecule has 6 heteroatoms. The second kappa shape index (κ2) is 4.34. The maximum atomic E-state index is 11.5. The van der Waals surface area contributed by atoms with Crippen molar-refractivity contribution in [1.29, 1.82) is 0 Å². The van der Waals surface area contributed by atoms with E-state index in [1.165, 1.54) is 11.0 Å². The second-order valence-electron chi connectivity index (χ2n) is 2.79. The van der Waals surface area contributed by atoms with Gasteiger partial charge in [-0.3, -0.25) is 4.79 Å². The van der Waals surface area contributed by atoms with E-state index in [4.69, 9.17) is 34.8 Å². The standard InChI is InChI=1S/C8H7Cl3N2O/c1-13(2)8(14)5-3-4(9)6(10)7(11)12-5/h3H,1-2H3. The Bertz CT molecular complexity index is 356. The summed E-state index contributed by atoms with van der Waals surface area (Å²) >= 11 is 17.1. The van der Waals surface area contributed by atoms with Crippen molar-refractivity contribution in [3.8, 4) is 0 Å². The molecule has 0 saturated heterocycles. The molecule has 1 aromatic rings. The number of pyridine rings is 1. The molecule has 0 radical (unpaired) electrons. The van der Waals surface area contributed by atoms with Gasteiger partial charge in [-0.15, -0.1) is 0 Å². The van der Waals surface area contributed by atoms with E-state index in [-0.39, 0.29) is 26.8 Å². The molecular formula is C8H7Cl3N2O. The summed E-state index contributed by atoms with van der Waals surface area (Å²) in [6, 6.07) is 1.39. The highest BCUT2D eigenvalue weighted by atomic mass is 35.5. The Morgan fingerprint density at radius 1 is 1.36 bits per heavy atom. The number of amides is 1. The summed E-state index contributed by atoms with van der Waals surface area (Å²) in [5.41, 5.74) is 0.175. The largest absolute Gasteiger partial charge is 0.343 e. The molecule has 3 nitrogen and oxygen atoms in total. The molecule has 1 heterocycles. The Morgan fingerprint density at radius 3 is 2.36 bits per heavy atom. The van der Waals surface area contributed by atoms with Crippen molar-refractivity contribution in [3.63, 3.8) is 0 Å². The lowest BCUT2D eigenvalue weighted by Crippen LogP contribution is -2.22. The van der Waals surface area contributed by atoms with Crippen molar-refractivity contribution >= 4 is 40.7 Å². The first-order valence-corrected chi connectivity index (χ1v) is 4.80. The first-order chi connectivity index (χ1) is 6.43. The maximum Gasteiger partial charge on any atom is 0.272 e. The van der Waals surface area contributed by atoms with Gasteiger partial charge in [-0.05, 0) is 6.07 Å². The van der Waals surface area contributed by atoms with Crippen LogP contribution in [-0.2, 0) is 0 Å². The summed E-state index contributed by atoms with van der Waals surface area (Å²) < 4.78 is 0. The molecular weight excluding hydrogens is 246 g/mol. The average molecular weight is 254 g/mol. The molecule has 0 saturated carbocycles. The smallest absolute Gasteiger partial charge is 0.272 e. The monoisotopic (exact) mass is 252 g/mol. The predicted molar refractivity (Wildman–Crippen MR) is 57.3 cm³/mol. The zero-order valence-corrected chi connectivity index (χ0v) is 9.78. The van der Waals surface area contributed by atoms with Gasteiger partial charge in [0.15, 0.2) is 0 Å². The topological polar surface area (TPSA) is 33.2 Å². The third kappa shape index (κ3) is 2.29. The van der Waals surface area contributed by atoms with Crippen LogP contribution in [0, 0.1) is 0 Å². The molecule has 0 unspecified atom stereocenters. The summed E-state index contributed by atoms with van der Waals surface area (Å²) in [6.07, 6.45) is 0. The van der Waals surface area contributed by atoms with Crippen LogP contribution < -0.4 is 0 Å². The molecule has 1 amide bonds. The van der Waals surface area contributed by atoms with Crippen LogP contribution >= 0.6 is 34.8 Å². The summed E-state index contributed by atoms with van der Waals surface area (Å²) in [5, 5.41) is 0.407. The molecule has 14 heavy (non-hydrogen) atoms. The Balaban J connectivity index is 3.19. The molecule has 0 bridgehead atoms. The maximum absolute atomic E-state index is 11.5. The van der Waals surface area contributed by atoms with Gasteiger partial charge in [0.1, 0.15) is 10.8 Å². The van der Waals surface area contributed by atoms with Crippen molar-refractivity contribution < 1.29 is 4.79 Å². The average Bonchev–Trinajstić information content (AvgIpc) is 2.12. The molecule has 0 aromatic carbocycles. The lowest BCUT2D eigenvalue weighted by molar-refractivity contribution is 0.0822. The van der Waals surface area contributed by atoms with Gasteiger partial charge in [-0.2, -0.15) is 0 Å².